The number of rotatable bonds is 5. The SMILES string of the molecule is O=C(COc1ccc(C2SCCCS2)cc1)N1CC=C(c2ccccc2)CC1. The summed E-state index contributed by atoms with van der Waals surface area (Å²) in [4.78, 5) is 14.4. The molecule has 2 aliphatic heterocycles. The Labute approximate surface area is 175 Å². The van der Waals surface area contributed by atoms with Crippen LogP contribution in [0.2, 0.25) is 0 Å². The molecular formula is C23H25NO2S2. The average Bonchev–Trinajstić information content (AvgIpc) is 2.79. The highest BCUT2D eigenvalue weighted by Gasteiger charge is 2.19. The van der Waals surface area contributed by atoms with Gasteiger partial charge in [0.15, 0.2) is 6.61 Å². The maximum absolute atomic E-state index is 12.5. The first-order valence-electron chi connectivity index (χ1n) is 9.78. The number of ether oxygens (including phenoxy) is 1. The molecule has 4 rings (SSSR count). The van der Waals surface area contributed by atoms with Gasteiger partial charge >= 0.3 is 0 Å². The Kier molecular flexibility index (Phi) is 6.65. The second kappa shape index (κ2) is 9.57. The van der Waals surface area contributed by atoms with Crippen molar-refractivity contribution in [2.24, 2.45) is 0 Å². The maximum atomic E-state index is 12.5. The zero-order chi connectivity index (χ0) is 19.2. The monoisotopic (exact) mass is 411 g/mol. The standard InChI is InChI=1S/C23H25NO2S2/c25-22(24-13-11-19(12-14-24)18-5-2-1-3-6-18)17-26-21-9-7-20(8-10-21)23-27-15-4-16-28-23/h1-3,5-11,23H,4,12-17H2. The molecule has 2 aromatic carbocycles. The number of nitrogens with zero attached hydrogens (tertiary/aromatic N) is 1. The quantitative estimate of drug-likeness (QED) is 0.672. The van der Waals surface area contributed by atoms with E-state index in [2.05, 4.69) is 42.5 Å². The summed E-state index contributed by atoms with van der Waals surface area (Å²) < 4.78 is 6.28. The van der Waals surface area contributed by atoms with E-state index in [0.717, 1.165) is 18.7 Å². The van der Waals surface area contributed by atoms with Crippen molar-refractivity contribution in [3.8, 4) is 5.75 Å². The molecule has 146 valence electrons. The van der Waals surface area contributed by atoms with Crippen LogP contribution in [0.4, 0.5) is 0 Å². The third-order valence-electron chi connectivity index (χ3n) is 5.05. The topological polar surface area (TPSA) is 29.5 Å². The van der Waals surface area contributed by atoms with Gasteiger partial charge < -0.3 is 9.64 Å². The van der Waals surface area contributed by atoms with E-state index in [1.165, 1.54) is 34.6 Å². The third-order valence-corrected chi connectivity index (χ3v) is 8.06. The van der Waals surface area contributed by atoms with Crippen molar-refractivity contribution in [2.45, 2.75) is 17.4 Å². The fourth-order valence-electron chi connectivity index (χ4n) is 3.45. The van der Waals surface area contributed by atoms with Crippen LogP contribution < -0.4 is 4.74 Å². The van der Waals surface area contributed by atoms with Crippen molar-refractivity contribution < 1.29 is 9.53 Å². The van der Waals surface area contributed by atoms with Crippen LogP contribution in [-0.2, 0) is 4.79 Å². The van der Waals surface area contributed by atoms with Gasteiger partial charge in [-0.2, -0.15) is 0 Å². The zero-order valence-corrected chi connectivity index (χ0v) is 17.5. The maximum Gasteiger partial charge on any atom is 0.260 e. The summed E-state index contributed by atoms with van der Waals surface area (Å²) >= 11 is 4.03. The first-order chi connectivity index (χ1) is 13.8. The largest absolute Gasteiger partial charge is 0.484 e. The molecular weight excluding hydrogens is 386 g/mol. The Bertz CT molecular complexity index is 814. The fourth-order valence-corrected chi connectivity index (χ4v) is 6.34. The van der Waals surface area contributed by atoms with Crippen molar-refractivity contribution in [2.75, 3.05) is 31.2 Å². The van der Waals surface area contributed by atoms with Crippen molar-refractivity contribution in [1.29, 1.82) is 0 Å². The molecule has 28 heavy (non-hydrogen) atoms. The zero-order valence-electron chi connectivity index (χ0n) is 15.9. The molecule has 0 bridgehead atoms. The number of thioether (sulfide) groups is 2. The van der Waals surface area contributed by atoms with E-state index in [1.54, 1.807) is 0 Å². The summed E-state index contributed by atoms with van der Waals surface area (Å²) in [6.07, 6.45) is 4.35. The second-order valence-electron chi connectivity index (χ2n) is 6.97. The lowest BCUT2D eigenvalue weighted by molar-refractivity contribution is -0.132. The normalized spacial score (nSPS) is 17.9. The number of amides is 1. The van der Waals surface area contributed by atoms with Crippen LogP contribution in [0.5, 0.6) is 5.75 Å². The van der Waals surface area contributed by atoms with Crippen LogP contribution >= 0.6 is 23.5 Å². The van der Waals surface area contributed by atoms with E-state index in [9.17, 15) is 4.79 Å². The fraction of sp³-hybridized carbons (Fsp3) is 0.348. The Balaban J connectivity index is 1.27. The summed E-state index contributed by atoms with van der Waals surface area (Å²) in [5.41, 5.74) is 3.91. The van der Waals surface area contributed by atoms with Crippen LogP contribution in [0.3, 0.4) is 0 Å². The molecule has 0 N–H and O–H groups in total. The lowest BCUT2D eigenvalue weighted by atomic mass is 10.00. The van der Waals surface area contributed by atoms with Gasteiger partial charge in [0, 0.05) is 13.1 Å². The van der Waals surface area contributed by atoms with Gasteiger partial charge in [-0.15, -0.1) is 23.5 Å². The Morgan fingerprint density at radius 1 is 1.04 bits per heavy atom. The van der Waals surface area contributed by atoms with E-state index in [0.29, 0.717) is 11.1 Å². The van der Waals surface area contributed by atoms with Gasteiger partial charge in [0.25, 0.3) is 5.91 Å². The molecule has 0 aliphatic carbocycles. The molecule has 0 atom stereocenters. The smallest absolute Gasteiger partial charge is 0.260 e. The van der Waals surface area contributed by atoms with Gasteiger partial charge in [-0.3, -0.25) is 4.79 Å². The van der Waals surface area contributed by atoms with Crippen LogP contribution in [0.25, 0.3) is 5.57 Å². The van der Waals surface area contributed by atoms with Crippen molar-refractivity contribution >= 4 is 35.0 Å². The first kappa shape index (κ1) is 19.5. The molecule has 3 nitrogen and oxygen atoms in total. The van der Waals surface area contributed by atoms with Gasteiger partial charge in [0.05, 0.1) is 4.58 Å². The Hall–Kier alpha value is -1.85. The minimum atomic E-state index is 0.0471. The Morgan fingerprint density at radius 3 is 2.46 bits per heavy atom. The highest BCUT2D eigenvalue weighted by atomic mass is 32.2. The lowest BCUT2D eigenvalue weighted by Gasteiger charge is -2.26. The summed E-state index contributed by atoms with van der Waals surface area (Å²) in [5.74, 6) is 3.28. The molecule has 1 amide bonds. The number of carbonyl (C=O) groups is 1. The van der Waals surface area contributed by atoms with Crippen LogP contribution in [0.1, 0.15) is 28.6 Å². The van der Waals surface area contributed by atoms with E-state index in [4.69, 9.17) is 4.74 Å². The van der Waals surface area contributed by atoms with E-state index in [1.807, 2.05) is 46.6 Å². The molecule has 0 aromatic heterocycles. The third kappa shape index (κ3) is 4.95. The molecule has 1 saturated heterocycles. The van der Waals surface area contributed by atoms with Crippen molar-refractivity contribution in [3.63, 3.8) is 0 Å². The highest BCUT2D eigenvalue weighted by molar-refractivity contribution is 8.16. The molecule has 0 unspecified atom stereocenters. The highest BCUT2D eigenvalue weighted by Crippen LogP contribution is 2.43. The van der Waals surface area contributed by atoms with Crippen molar-refractivity contribution in [1.82, 2.24) is 4.90 Å². The minimum absolute atomic E-state index is 0.0471. The second-order valence-corrected chi connectivity index (χ2v) is 9.69. The molecule has 5 heteroatoms. The summed E-state index contributed by atoms with van der Waals surface area (Å²) in [7, 11) is 0. The van der Waals surface area contributed by atoms with Gasteiger partial charge in [-0.25, -0.2) is 0 Å². The molecule has 1 fully saturated rings. The van der Waals surface area contributed by atoms with E-state index < -0.39 is 0 Å². The molecule has 0 saturated carbocycles. The number of hydrogen-bond acceptors (Lipinski definition) is 4. The predicted molar refractivity (Wildman–Crippen MR) is 120 cm³/mol. The molecule has 2 aromatic rings. The van der Waals surface area contributed by atoms with Crippen LogP contribution in [0.15, 0.2) is 60.7 Å². The van der Waals surface area contributed by atoms with Gasteiger partial charge in [-0.1, -0.05) is 48.5 Å². The Morgan fingerprint density at radius 2 is 1.79 bits per heavy atom. The van der Waals surface area contributed by atoms with Gasteiger partial charge in [-0.05, 0) is 53.2 Å². The summed E-state index contributed by atoms with van der Waals surface area (Å²) in [5, 5.41) is 0. The first-order valence-corrected chi connectivity index (χ1v) is 11.9. The van der Waals surface area contributed by atoms with Gasteiger partial charge in [0.1, 0.15) is 5.75 Å². The minimum Gasteiger partial charge on any atom is -0.484 e. The molecule has 0 radical (unpaired) electrons. The van der Waals surface area contributed by atoms with Crippen LogP contribution in [-0.4, -0.2) is 42.0 Å². The average molecular weight is 412 g/mol. The molecule has 2 heterocycles. The summed E-state index contributed by atoms with van der Waals surface area (Å²) in [6, 6.07) is 18.6. The lowest BCUT2D eigenvalue weighted by Crippen LogP contribution is -2.37. The number of carbonyl (C=O) groups excluding carboxylic acids is 1. The number of hydrogen-bond donors (Lipinski definition) is 0. The number of benzene rings is 2. The van der Waals surface area contributed by atoms with Crippen LogP contribution in [0, 0.1) is 0 Å². The van der Waals surface area contributed by atoms with Crippen molar-refractivity contribution in [3.05, 3.63) is 71.8 Å². The molecule has 0 spiro atoms. The summed E-state index contributed by atoms with van der Waals surface area (Å²) in [6.45, 7) is 1.50. The van der Waals surface area contributed by atoms with E-state index in [-0.39, 0.29) is 12.5 Å². The van der Waals surface area contributed by atoms with Gasteiger partial charge in [0.2, 0.25) is 0 Å². The predicted octanol–water partition coefficient (Wildman–Crippen LogP) is 5.25. The van der Waals surface area contributed by atoms with E-state index >= 15 is 0 Å². The molecule has 2 aliphatic rings.